The van der Waals surface area contributed by atoms with Crippen LogP contribution in [0.15, 0.2) is 29.2 Å². The monoisotopic (exact) mass is 408 g/mol. The van der Waals surface area contributed by atoms with Crippen LogP contribution in [0.1, 0.15) is 62.2 Å². The van der Waals surface area contributed by atoms with Gasteiger partial charge in [0.2, 0.25) is 10.0 Å². The van der Waals surface area contributed by atoms with Crippen molar-refractivity contribution in [3.05, 3.63) is 29.8 Å². The van der Waals surface area contributed by atoms with Crippen LogP contribution in [-0.2, 0) is 19.6 Å². The van der Waals surface area contributed by atoms with Crippen molar-refractivity contribution >= 4 is 21.9 Å². The lowest BCUT2D eigenvalue weighted by Crippen LogP contribution is -2.56. The zero-order valence-corrected chi connectivity index (χ0v) is 17.0. The van der Waals surface area contributed by atoms with Gasteiger partial charge in [-0.2, -0.15) is 0 Å². The van der Waals surface area contributed by atoms with Gasteiger partial charge in [0.1, 0.15) is 5.54 Å². The Balaban J connectivity index is 1.76. The van der Waals surface area contributed by atoms with Crippen LogP contribution >= 0.6 is 0 Å². The molecule has 0 aliphatic heterocycles. The molecule has 0 heterocycles. The van der Waals surface area contributed by atoms with Gasteiger partial charge in [-0.1, -0.05) is 25.3 Å². The maximum Gasteiger partial charge on any atom is 0.331 e. The highest BCUT2D eigenvalue weighted by molar-refractivity contribution is 7.89. The van der Waals surface area contributed by atoms with E-state index in [0.29, 0.717) is 25.3 Å². The summed E-state index contributed by atoms with van der Waals surface area (Å²) in [6.07, 6.45) is 5.81. The highest BCUT2D eigenvalue weighted by atomic mass is 32.2. The quantitative estimate of drug-likeness (QED) is 0.643. The SMILES string of the molecule is CCOC(=O)C1(NC(=O)c2cccc(S(=O)(=O)NCC3CC3)c2)CCCCC1. The average Bonchev–Trinajstić information content (AvgIpc) is 3.52. The number of carbonyl (C=O) groups excluding carboxylic acids is 2. The molecular formula is C20H28N2O5S. The van der Waals surface area contributed by atoms with Crippen molar-refractivity contribution in [3.63, 3.8) is 0 Å². The Morgan fingerprint density at radius 2 is 1.89 bits per heavy atom. The van der Waals surface area contributed by atoms with E-state index in [1.165, 1.54) is 12.1 Å². The van der Waals surface area contributed by atoms with Crippen molar-refractivity contribution in [2.45, 2.75) is 62.3 Å². The van der Waals surface area contributed by atoms with E-state index in [2.05, 4.69) is 10.0 Å². The minimum atomic E-state index is -3.67. The molecule has 2 aliphatic rings. The van der Waals surface area contributed by atoms with Gasteiger partial charge in [0.05, 0.1) is 11.5 Å². The first-order chi connectivity index (χ1) is 13.4. The molecule has 154 valence electrons. The molecule has 8 heteroatoms. The first-order valence-corrected chi connectivity index (χ1v) is 11.4. The molecule has 0 spiro atoms. The van der Waals surface area contributed by atoms with E-state index in [4.69, 9.17) is 4.74 Å². The summed E-state index contributed by atoms with van der Waals surface area (Å²) in [6.45, 7) is 2.40. The maximum atomic E-state index is 12.8. The van der Waals surface area contributed by atoms with Crippen LogP contribution in [0.5, 0.6) is 0 Å². The van der Waals surface area contributed by atoms with E-state index in [1.807, 2.05) is 0 Å². The Morgan fingerprint density at radius 3 is 2.54 bits per heavy atom. The van der Waals surface area contributed by atoms with Crippen LogP contribution < -0.4 is 10.0 Å². The zero-order valence-electron chi connectivity index (χ0n) is 16.2. The zero-order chi connectivity index (χ0) is 20.2. The third kappa shape index (κ3) is 4.91. The number of sulfonamides is 1. The molecule has 2 saturated carbocycles. The predicted octanol–water partition coefficient (Wildman–Crippen LogP) is 2.37. The molecular weight excluding hydrogens is 380 g/mol. The second kappa shape index (κ2) is 8.61. The number of hydrogen-bond acceptors (Lipinski definition) is 5. The molecule has 1 aromatic carbocycles. The molecule has 2 N–H and O–H groups in total. The minimum Gasteiger partial charge on any atom is -0.464 e. The van der Waals surface area contributed by atoms with Crippen molar-refractivity contribution in [2.24, 2.45) is 5.92 Å². The van der Waals surface area contributed by atoms with Crippen LogP contribution in [0, 0.1) is 5.92 Å². The molecule has 0 bridgehead atoms. The lowest BCUT2D eigenvalue weighted by Gasteiger charge is -2.35. The summed E-state index contributed by atoms with van der Waals surface area (Å²) in [6, 6.07) is 5.91. The third-order valence-electron chi connectivity index (χ3n) is 5.39. The van der Waals surface area contributed by atoms with E-state index in [1.54, 1.807) is 19.1 Å². The summed E-state index contributed by atoms with van der Waals surface area (Å²) >= 11 is 0. The smallest absolute Gasteiger partial charge is 0.331 e. The Kier molecular flexibility index (Phi) is 6.40. The fourth-order valence-corrected chi connectivity index (χ4v) is 4.69. The standard InChI is InChI=1S/C20H28N2O5S/c1-2-27-19(24)20(11-4-3-5-12-20)22-18(23)16-7-6-8-17(13-16)28(25,26)21-14-15-9-10-15/h6-8,13,15,21H,2-5,9-12,14H2,1H3,(H,22,23). The fraction of sp³-hybridized carbons (Fsp3) is 0.600. The van der Waals surface area contributed by atoms with Gasteiger partial charge in [-0.3, -0.25) is 4.79 Å². The fourth-order valence-electron chi connectivity index (χ4n) is 3.53. The number of nitrogens with one attached hydrogen (secondary N) is 2. The van der Waals surface area contributed by atoms with E-state index < -0.39 is 27.4 Å². The van der Waals surface area contributed by atoms with E-state index in [-0.39, 0.29) is 17.1 Å². The number of carbonyl (C=O) groups is 2. The molecule has 2 fully saturated rings. The highest BCUT2D eigenvalue weighted by Gasteiger charge is 2.42. The number of ether oxygens (including phenoxy) is 1. The molecule has 0 radical (unpaired) electrons. The first-order valence-electron chi connectivity index (χ1n) is 9.96. The average molecular weight is 409 g/mol. The summed E-state index contributed by atoms with van der Waals surface area (Å²) in [5.74, 6) is -0.468. The van der Waals surface area contributed by atoms with Gasteiger partial charge < -0.3 is 10.1 Å². The lowest BCUT2D eigenvalue weighted by molar-refractivity contribution is -0.152. The third-order valence-corrected chi connectivity index (χ3v) is 6.81. The van der Waals surface area contributed by atoms with Gasteiger partial charge in [0, 0.05) is 12.1 Å². The van der Waals surface area contributed by atoms with Crippen LogP contribution in [0.25, 0.3) is 0 Å². The van der Waals surface area contributed by atoms with Crippen LogP contribution in [0.4, 0.5) is 0 Å². The highest BCUT2D eigenvalue weighted by Crippen LogP contribution is 2.30. The molecule has 1 aromatic rings. The summed E-state index contributed by atoms with van der Waals surface area (Å²) in [5, 5.41) is 2.84. The Bertz CT molecular complexity index is 827. The van der Waals surface area contributed by atoms with Crippen molar-refractivity contribution in [3.8, 4) is 0 Å². The molecule has 7 nitrogen and oxygen atoms in total. The van der Waals surface area contributed by atoms with Crippen LogP contribution in [-0.4, -0.2) is 39.0 Å². The Labute approximate surface area is 166 Å². The molecule has 1 amide bonds. The van der Waals surface area contributed by atoms with Gasteiger partial charge in [-0.05, 0) is 56.7 Å². The van der Waals surface area contributed by atoms with E-state index in [9.17, 15) is 18.0 Å². The van der Waals surface area contributed by atoms with Gasteiger partial charge in [-0.15, -0.1) is 0 Å². The van der Waals surface area contributed by atoms with E-state index >= 15 is 0 Å². The maximum absolute atomic E-state index is 12.8. The largest absolute Gasteiger partial charge is 0.464 e. The lowest BCUT2D eigenvalue weighted by atomic mass is 9.81. The Hall–Kier alpha value is -1.93. The summed E-state index contributed by atoms with van der Waals surface area (Å²) in [7, 11) is -3.67. The van der Waals surface area contributed by atoms with Crippen molar-refractivity contribution in [2.75, 3.05) is 13.2 Å². The summed E-state index contributed by atoms with van der Waals surface area (Å²) < 4.78 is 32.7. The van der Waals surface area contributed by atoms with Crippen LogP contribution in [0.2, 0.25) is 0 Å². The Morgan fingerprint density at radius 1 is 1.18 bits per heavy atom. The molecule has 0 atom stereocenters. The predicted molar refractivity (Wildman–Crippen MR) is 104 cm³/mol. The number of amides is 1. The second-order valence-corrected chi connectivity index (χ2v) is 9.41. The van der Waals surface area contributed by atoms with Gasteiger partial charge in [0.15, 0.2) is 0 Å². The number of benzene rings is 1. The van der Waals surface area contributed by atoms with Gasteiger partial charge in [-0.25, -0.2) is 17.9 Å². The first kappa shape index (κ1) is 20.8. The van der Waals surface area contributed by atoms with Crippen molar-refractivity contribution < 1.29 is 22.7 Å². The van der Waals surface area contributed by atoms with E-state index in [0.717, 1.165) is 32.1 Å². The molecule has 2 aliphatic carbocycles. The van der Waals surface area contributed by atoms with Crippen molar-refractivity contribution in [1.29, 1.82) is 0 Å². The number of esters is 1. The van der Waals surface area contributed by atoms with Crippen molar-refractivity contribution in [1.82, 2.24) is 10.0 Å². The van der Waals surface area contributed by atoms with Crippen LogP contribution in [0.3, 0.4) is 0 Å². The molecule has 0 aromatic heterocycles. The summed E-state index contributed by atoms with van der Waals surface area (Å²) in [5.41, 5.74) is -0.826. The molecule has 3 rings (SSSR count). The molecule has 0 unspecified atom stereocenters. The number of rotatable bonds is 8. The topological polar surface area (TPSA) is 102 Å². The van der Waals surface area contributed by atoms with Gasteiger partial charge in [0.25, 0.3) is 5.91 Å². The summed E-state index contributed by atoms with van der Waals surface area (Å²) in [4.78, 5) is 25.4. The molecule has 28 heavy (non-hydrogen) atoms. The molecule has 0 saturated heterocycles. The number of hydrogen-bond donors (Lipinski definition) is 2. The second-order valence-electron chi connectivity index (χ2n) is 7.64. The van der Waals surface area contributed by atoms with Gasteiger partial charge >= 0.3 is 5.97 Å². The normalized spacial score (nSPS) is 19.0. The minimum absolute atomic E-state index is 0.0506.